The van der Waals surface area contributed by atoms with Crippen LogP contribution in [0.25, 0.3) is 5.57 Å². The Morgan fingerprint density at radius 1 is 1.38 bits per heavy atom. The highest BCUT2D eigenvalue weighted by atomic mass is 15.3. The van der Waals surface area contributed by atoms with Crippen LogP contribution in [0, 0.1) is 0 Å². The summed E-state index contributed by atoms with van der Waals surface area (Å²) in [5, 5.41) is 4.21. The Bertz CT molecular complexity index is 319. The Hall–Kier alpha value is -1.05. The molecule has 0 fully saturated rings. The highest BCUT2D eigenvalue weighted by Crippen LogP contribution is 2.23. The van der Waals surface area contributed by atoms with E-state index in [2.05, 4.69) is 39.4 Å². The van der Waals surface area contributed by atoms with Gasteiger partial charge >= 0.3 is 0 Å². The Balaban J connectivity index is 0.000000487. The first-order valence-corrected chi connectivity index (χ1v) is 6.13. The maximum atomic E-state index is 4.21. The lowest BCUT2D eigenvalue weighted by molar-refractivity contribution is 0.668. The number of unbranched alkanes of at least 4 members (excludes halogenated alkanes) is 1. The molecule has 2 heteroatoms. The predicted octanol–water partition coefficient (Wildman–Crippen LogP) is 4.38. The molecule has 0 aliphatic heterocycles. The van der Waals surface area contributed by atoms with Crippen LogP contribution in [0.4, 0.5) is 0 Å². The standard InChI is InChI=1S/C10H16N2.C4H10/c1-7(2)9-6-11-12(5)10(9)8(3)4;1-3-4-2/h6,8H,1H2,2-5H3;3-4H2,1-2H3. The second-order valence-electron chi connectivity index (χ2n) is 4.50. The molecule has 1 aromatic rings. The molecule has 0 bridgehead atoms. The minimum atomic E-state index is 0.504. The molecule has 0 saturated carbocycles. The molecule has 0 unspecified atom stereocenters. The molecule has 0 amide bonds. The first kappa shape index (κ1) is 14.9. The van der Waals surface area contributed by atoms with Gasteiger partial charge in [-0.25, -0.2) is 0 Å². The van der Waals surface area contributed by atoms with Crippen LogP contribution in [0.3, 0.4) is 0 Å². The minimum Gasteiger partial charge on any atom is -0.272 e. The number of hydrogen-bond acceptors (Lipinski definition) is 1. The Morgan fingerprint density at radius 3 is 2.12 bits per heavy atom. The summed E-state index contributed by atoms with van der Waals surface area (Å²) in [6, 6.07) is 0. The molecule has 0 spiro atoms. The van der Waals surface area contributed by atoms with Crippen LogP contribution in [0.5, 0.6) is 0 Å². The van der Waals surface area contributed by atoms with E-state index in [1.807, 2.05) is 24.9 Å². The smallest absolute Gasteiger partial charge is 0.0567 e. The minimum absolute atomic E-state index is 0.504. The van der Waals surface area contributed by atoms with Gasteiger partial charge in [-0.15, -0.1) is 0 Å². The van der Waals surface area contributed by atoms with Crippen molar-refractivity contribution >= 4 is 5.57 Å². The SMILES string of the molecule is C=C(C)c1cnn(C)c1C(C)C.CCCC. The van der Waals surface area contributed by atoms with Crippen LogP contribution in [-0.2, 0) is 7.05 Å². The van der Waals surface area contributed by atoms with Gasteiger partial charge in [0.05, 0.1) is 6.20 Å². The van der Waals surface area contributed by atoms with E-state index in [4.69, 9.17) is 0 Å². The van der Waals surface area contributed by atoms with E-state index in [0.717, 1.165) is 5.57 Å². The highest BCUT2D eigenvalue weighted by Gasteiger charge is 2.11. The summed E-state index contributed by atoms with van der Waals surface area (Å²) in [6.07, 6.45) is 4.53. The van der Waals surface area contributed by atoms with Crippen molar-refractivity contribution in [3.63, 3.8) is 0 Å². The third kappa shape index (κ3) is 4.21. The fourth-order valence-corrected chi connectivity index (χ4v) is 1.46. The van der Waals surface area contributed by atoms with Crippen LogP contribution in [0.2, 0.25) is 0 Å². The molecule has 1 aromatic heterocycles. The van der Waals surface area contributed by atoms with Gasteiger partial charge in [-0.05, 0) is 18.4 Å². The molecule has 16 heavy (non-hydrogen) atoms. The van der Waals surface area contributed by atoms with Crippen molar-refractivity contribution in [1.29, 1.82) is 0 Å². The van der Waals surface area contributed by atoms with Crippen molar-refractivity contribution in [1.82, 2.24) is 9.78 Å². The van der Waals surface area contributed by atoms with Gasteiger partial charge in [-0.2, -0.15) is 5.10 Å². The molecule has 92 valence electrons. The normalized spacial score (nSPS) is 9.94. The Morgan fingerprint density at radius 2 is 1.88 bits per heavy atom. The topological polar surface area (TPSA) is 17.8 Å². The van der Waals surface area contributed by atoms with Crippen LogP contribution in [0.15, 0.2) is 12.8 Å². The monoisotopic (exact) mass is 222 g/mol. The van der Waals surface area contributed by atoms with Crippen molar-refractivity contribution in [2.24, 2.45) is 7.05 Å². The fourth-order valence-electron chi connectivity index (χ4n) is 1.46. The van der Waals surface area contributed by atoms with Gasteiger partial charge in [0.25, 0.3) is 0 Å². The molecule has 0 aliphatic carbocycles. The first-order valence-electron chi connectivity index (χ1n) is 6.13. The molecule has 0 saturated heterocycles. The quantitative estimate of drug-likeness (QED) is 0.742. The zero-order valence-corrected chi connectivity index (χ0v) is 11.7. The average molecular weight is 222 g/mol. The van der Waals surface area contributed by atoms with E-state index in [0.29, 0.717) is 5.92 Å². The highest BCUT2D eigenvalue weighted by molar-refractivity contribution is 5.63. The third-order valence-corrected chi connectivity index (χ3v) is 2.49. The third-order valence-electron chi connectivity index (χ3n) is 2.49. The van der Waals surface area contributed by atoms with Crippen LogP contribution < -0.4 is 0 Å². The number of hydrogen-bond donors (Lipinski definition) is 0. The molecular formula is C14H26N2. The summed E-state index contributed by atoms with van der Waals surface area (Å²) >= 11 is 0. The van der Waals surface area contributed by atoms with Crippen molar-refractivity contribution in [2.45, 2.75) is 53.4 Å². The van der Waals surface area contributed by atoms with Gasteiger partial charge in [-0.1, -0.05) is 47.1 Å². The summed E-state index contributed by atoms with van der Waals surface area (Å²) < 4.78 is 1.93. The molecule has 0 aromatic carbocycles. The summed E-state index contributed by atoms with van der Waals surface area (Å²) in [7, 11) is 1.97. The molecule has 0 N–H and O–H groups in total. The molecule has 0 atom stereocenters. The number of rotatable bonds is 3. The summed E-state index contributed by atoms with van der Waals surface area (Å²) in [5.41, 5.74) is 3.54. The number of allylic oxidation sites excluding steroid dienone is 1. The van der Waals surface area contributed by atoms with Gasteiger partial charge in [0.1, 0.15) is 0 Å². The first-order chi connectivity index (χ1) is 7.45. The molecular weight excluding hydrogens is 196 g/mol. The van der Waals surface area contributed by atoms with Crippen molar-refractivity contribution in [3.05, 3.63) is 24.0 Å². The van der Waals surface area contributed by atoms with Gasteiger partial charge in [0, 0.05) is 18.3 Å². The van der Waals surface area contributed by atoms with E-state index in [-0.39, 0.29) is 0 Å². The van der Waals surface area contributed by atoms with E-state index in [1.165, 1.54) is 24.1 Å². The van der Waals surface area contributed by atoms with Gasteiger partial charge in [0.2, 0.25) is 0 Å². The van der Waals surface area contributed by atoms with Gasteiger partial charge in [0.15, 0.2) is 0 Å². The van der Waals surface area contributed by atoms with Crippen LogP contribution >= 0.6 is 0 Å². The summed E-state index contributed by atoms with van der Waals surface area (Å²) in [5.74, 6) is 0.504. The van der Waals surface area contributed by atoms with Crippen molar-refractivity contribution in [2.75, 3.05) is 0 Å². The maximum Gasteiger partial charge on any atom is 0.0567 e. The lowest BCUT2D eigenvalue weighted by Crippen LogP contribution is -2.01. The Kier molecular flexibility index (Phi) is 6.78. The number of nitrogens with zero attached hydrogens (tertiary/aromatic N) is 2. The molecule has 2 nitrogen and oxygen atoms in total. The zero-order valence-electron chi connectivity index (χ0n) is 11.7. The average Bonchev–Trinajstić information content (AvgIpc) is 2.60. The molecule has 1 rings (SSSR count). The molecule has 0 radical (unpaired) electrons. The van der Waals surface area contributed by atoms with Crippen LogP contribution in [-0.4, -0.2) is 9.78 Å². The fraction of sp³-hybridized carbons (Fsp3) is 0.643. The lowest BCUT2D eigenvalue weighted by atomic mass is 10.0. The van der Waals surface area contributed by atoms with Crippen molar-refractivity contribution < 1.29 is 0 Å². The largest absolute Gasteiger partial charge is 0.272 e. The summed E-state index contributed by atoms with van der Waals surface area (Å²) in [4.78, 5) is 0. The van der Waals surface area contributed by atoms with E-state index in [1.54, 1.807) is 0 Å². The van der Waals surface area contributed by atoms with Gasteiger partial charge in [-0.3, -0.25) is 4.68 Å². The second kappa shape index (κ2) is 7.26. The zero-order chi connectivity index (χ0) is 12.7. The van der Waals surface area contributed by atoms with E-state index < -0.39 is 0 Å². The van der Waals surface area contributed by atoms with Crippen LogP contribution in [0.1, 0.15) is 64.6 Å². The van der Waals surface area contributed by atoms with E-state index in [9.17, 15) is 0 Å². The molecule has 0 aliphatic rings. The van der Waals surface area contributed by atoms with Gasteiger partial charge < -0.3 is 0 Å². The molecule has 1 heterocycles. The lowest BCUT2D eigenvalue weighted by Gasteiger charge is -2.08. The second-order valence-corrected chi connectivity index (χ2v) is 4.50. The number of aromatic nitrogens is 2. The van der Waals surface area contributed by atoms with Crippen molar-refractivity contribution in [3.8, 4) is 0 Å². The predicted molar refractivity (Wildman–Crippen MR) is 72.6 cm³/mol. The Labute approximate surface area is 100 Å². The number of aryl methyl sites for hydroxylation is 1. The maximum absolute atomic E-state index is 4.21. The summed E-state index contributed by atoms with van der Waals surface area (Å²) in [6.45, 7) is 14.6. The van der Waals surface area contributed by atoms with E-state index >= 15 is 0 Å².